The molecule has 0 aliphatic carbocycles. The maximum Gasteiger partial charge on any atom is 0.331 e. The molecule has 0 saturated heterocycles. The SMILES string of the molecule is CCCCC/C=C/C[C@](C#N)(C(=O)OCc1ccccc1)c1ccccc1. The van der Waals surface area contributed by atoms with Gasteiger partial charge in [-0.25, -0.2) is 4.79 Å². The Hall–Kier alpha value is -2.86. The maximum absolute atomic E-state index is 13.0. The second-order valence-electron chi connectivity index (χ2n) is 6.62. The van der Waals surface area contributed by atoms with Gasteiger partial charge in [-0.15, -0.1) is 0 Å². The zero-order chi connectivity index (χ0) is 19.4. The zero-order valence-corrected chi connectivity index (χ0v) is 15.9. The monoisotopic (exact) mass is 361 g/mol. The van der Waals surface area contributed by atoms with E-state index in [0.29, 0.717) is 12.0 Å². The minimum absolute atomic E-state index is 0.163. The Balaban J connectivity index is 2.15. The lowest BCUT2D eigenvalue weighted by Gasteiger charge is -2.24. The average molecular weight is 361 g/mol. The van der Waals surface area contributed by atoms with Gasteiger partial charge in [-0.3, -0.25) is 0 Å². The van der Waals surface area contributed by atoms with Crippen LogP contribution in [0.25, 0.3) is 0 Å². The first kappa shape index (κ1) is 20.5. The molecule has 0 heterocycles. The topological polar surface area (TPSA) is 50.1 Å². The van der Waals surface area contributed by atoms with Crippen LogP contribution in [0.4, 0.5) is 0 Å². The number of nitriles is 1. The quantitative estimate of drug-likeness (QED) is 0.309. The summed E-state index contributed by atoms with van der Waals surface area (Å²) in [5.41, 5.74) is 0.252. The van der Waals surface area contributed by atoms with E-state index in [2.05, 4.69) is 19.1 Å². The van der Waals surface area contributed by atoms with Crippen molar-refractivity contribution >= 4 is 5.97 Å². The molecule has 0 spiro atoms. The molecule has 0 N–H and O–H groups in total. The molecule has 0 amide bonds. The molecular weight excluding hydrogens is 334 g/mol. The molecule has 3 nitrogen and oxygen atoms in total. The van der Waals surface area contributed by atoms with Crippen molar-refractivity contribution in [3.8, 4) is 6.07 Å². The first-order valence-electron chi connectivity index (χ1n) is 9.56. The van der Waals surface area contributed by atoms with Crippen LogP contribution in [-0.2, 0) is 21.6 Å². The number of carbonyl (C=O) groups is 1. The molecule has 0 saturated carbocycles. The van der Waals surface area contributed by atoms with Crippen molar-refractivity contribution < 1.29 is 9.53 Å². The van der Waals surface area contributed by atoms with Crippen molar-refractivity contribution in [2.45, 2.75) is 51.0 Å². The highest BCUT2D eigenvalue weighted by Crippen LogP contribution is 2.30. The van der Waals surface area contributed by atoms with Gasteiger partial charge >= 0.3 is 5.97 Å². The van der Waals surface area contributed by atoms with Gasteiger partial charge in [-0.05, 0) is 30.4 Å². The van der Waals surface area contributed by atoms with Crippen LogP contribution in [0.5, 0.6) is 0 Å². The van der Waals surface area contributed by atoms with Gasteiger partial charge in [-0.1, -0.05) is 92.6 Å². The minimum Gasteiger partial charge on any atom is -0.459 e. The second kappa shape index (κ2) is 11.0. The molecule has 0 fully saturated rings. The average Bonchev–Trinajstić information content (AvgIpc) is 2.73. The Kier molecular flexibility index (Phi) is 8.32. The summed E-state index contributed by atoms with van der Waals surface area (Å²) in [6.45, 7) is 2.33. The Bertz CT molecular complexity index is 762. The summed E-state index contributed by atoms with van der Waals surface area (Å²) >= 11 is 0. The molecule has 1 atom stereocenters. The van der Waals surface area contributed by atoms with E-state index in [1.807, 2.05) is 66.7 Å². The lowest BCUT2D eigenvalue weighted by atomic mass is 9.78. The first-order valence-corrected chi connectivity index (χ1v) is 9.56. The zero-order valence-electron chi connectivity index (χ0n) is 15.9. The fraction of sp³-hybridized carbons (Fsp3) is 0.333. The standard InChI is InChI=1S/C24H27NO2/c1-2-3-4-5-6-13-18-24(20-25,22-16-11-8-12-17-22)23(26)27-19-21-14-9-7-10-15-21/h6-17H,2-5,18-19H2,1H3/b13-6+/t24-/m1/s1. The third-order valence-corrected chi connectivity index (χ3v) is 4.58. The smallest absolute Gasteiger partial charge is 0.331 e. The minimum atomic E-state index is -1.32. The number of ether oxygens (including phenoxy) is 1. The van der Waals surface area contributed by atoms with Gasteiger partial charge in [-0.2, -0.15) is 5.26 Å². The third-order valence-electron chi connectivity index (χ3n) is 4.58. The molecule has 0 bridgehead atoms. The second-order valence-corrected chi connectivity index (χ2v) is 6.62. The lowest BCUT2D eigenvalue weighted by Crippen LogP contribution is -2.35. The molecular formula is C24H27NO2. The van der Waals surface area contributed by atoms with Gasteiger partial charge in [0, 0.05) is 0 Å². The summed E-state index contributed by atoms with van der Waals surface area (Å²) in [4.78, 5) is 13.0. The van der Waals surface area contributed by atoms with Crippen LogP contribution in [-0.4, -0.2) is 5.97 Å². The normalized spacial score (nSPS) is 13.0. The molecule has 0 aromatic heterocycles. The van der Waals surface area contributed by atoms with Crippen LogP contribution in [0, 0.1) is 11.3 Å². The van der Waals surface area contributed by atoms with Crippen LogP contribution in [0.2, 0.25) is 0 Å². The molecule has 2 aromatic carbocycles. The Morgan fingerprint density at radius 2 is 1.70 bits per heavy atom. The van der Waals surface area contributed by atoms with Crippen LogP contribution in [0.15, 0.2) is 72.8 Å². The van der Waals surface area contributed by atoms with Crippen molar-refractivity contribution in [1.82, 2.24) is 0 Å². The third kappa shape index (κ3) is 5.82. The van der Waals surface area contributed by atoms with E-state index in [4.69, 9.17) is 4.74 Å². The summed E-state index contributed by atoms with van der Waals surface area (Å²) in [6.07, 6.45) is 8.76. The number of allylic oxidation sites excluding steroid dienone is 2. The van der Waals surface area contributed by atoms with Gasteiger partial charge in [0.1, 0.15) is 6.61 Å². The predicted molar refractivity (Wildman–Crippen MR) is 108 cm³/mol. The fourth-order valence-corrected chi connectivity index (χ4v) is 2.93. The van der Waals surface area contributed by atoms with E-state index < -0.39 is 11.4 Å². The molecule has 0 unspecified atom stereocenters. The largest absolute Gasteiger partial charge is 0.459 e. The van der Waals surface area contributed by atoms with Gasteiger partial charge in [0.05, 0.1) is 6.07 Å². The Morgan fingerprint density at radius 3 is 2.33 bits per heavy atom. The van der Waals surface area contributed by atoms with Crippen molar-refractivity contribution in [3.05, 3.63) is 83.9 Å². The first-order chi connectivity index (χ1) is 13.2. The van der Waals surface area contributed by atoms with Gasteiger partial charge < -0.3 is 4.74 Å². The highest BCUT2D eigenvalue weighted by molar-refractivity contribution is 5.87. The summed E-state index contributed by atoms with van der Waals surface area (Å²) in [6, 6.07) is 21.0. The molecule has 27 heavy (non-hydrogen) atoms. The summed E-state index contributed by atoms with van der Waals surface area (Å²) in [7, 11) is 0. The van der Waals surface area contributed by atoms with Crippen molar-refractivity contribution in [3.63, 3.8) is 0 Å². The molecule has 2 aromatic rings. The molecule has 140 valence electrons. The van der Waals surface area contributed by atoms with Crippen LogP contribution in [0.3, 0.4) is 0 Å². The number of esters is 1. The summed E-state index contributed by atoms with van der Waals surface area (Å²) < 4.78 is 5.54. The predicted octanol–water partition coefficient (Wildman–Crippen LogP) is 5.72. The Morgan fingerprint density at radius 1 is 1.04 bits per heavy atom. The van der Waals surface area contributed by atoms with Gasteiger partial charge in [0.2, 0.25) is 0 Å². The van der Waals surface area contributed by atoms with E-state index >= 15 is 0 Å². The van der Waals surface area contributed by atoms with E-state index in [9.17, 15) is 10.1 Å². The number of rotatable bonds is 10. The van der Waals surface area contributed by atoms with Gasteiger partial charge in [0.25, 0.3) is 0 Å². The molecule has 0 aliphatic rings. The number of unbranched alkanes of at least 4 members (excludes halogenated alkanes) is 3. The van der Waals surface area contributed by atoms with E-state index in [1.54, 1.807) is 0 Å². The highest BCUT2D eigenvalue weighted by Gasteiger charge is 2.41. The maximum atomic E-state index is 13.0. The number of nitrogens with zero attached hydrogens (tertiary/aromatic N) is 1. The van der Waals surface area contributed by atoms with Gasteiger partial charge in [0.15, 0.2) is 5.41 Å². The van der Waals surface area contributed by atoms with Crippen molar-refractivity contribution in [2.75, 3.05) is 0 Å². The number of hydrogen-bond acceptors (Lipinski definition) is 3. The summed E-state index contributed by atoms with van der Waals surface area (Å²) in [5, 5.41) is 9.95. The fourth-order valence-electron chi connectivity index (χ4n) is 2.93. The molecule has 0 radical (unpaired) electrons. The number of hydrogen-bond donors (Lipinski definition) is 0. The van der Waals surface area contributed by atoms with Crippen molar-refractivity contribution in [1.29, 1.82) is 5.26 Å². The molecule has 2 rings (SSSR count). The molecule has 3 heteroatoms. The van der Waals surface area contributed by atoms with Crippen LogP contribution in [0.1, 0.15) is 50.2 Å². The number of carbonyl (C=O) groups excluding carboxylic acids is 1. The van der Waals surface area contributed by atoms with Crippen LogP contribution < -0.4 is 0 Å². The lowest BCUT2D eigenvalue weighted by molar-refractivity contribution is -0.149. The van der Waals surface area contributed by atoms with Crippen molar-refractivity contribution in [2.24, 2.45) is 0 Å². The van der Waals surface area contributed by atoms with E-state index in [-0.39, 0.29) is 6.61 Å². The highest BCUT2D eigenvalue weighted by atomic mass is 16.5. The number of benzene rings is 2. The summed E-state index contributed by atoms with van der Waals surface area (Å²) in [5.74, 6) is -0.502. The van der Waals surface area contributed by atoms with E-state index in [0.717, 1.165) is 18.4 Å². The molecule has 0 aliphatic heterocycles. The van der Waals surface area contributed by atoms with E-state index in [1.165, 1.54) is 12.8 Å². The van der Waals surface area contributed by atoms with Crippen LogP contribution >= 0.6 is 0 Å². The Labute approximate surface area is 162 Å².